The van der Waals surface area contributed by atoms with E-state index in [2.05, 4.69) is 5.32 Å². The number of nitrogens with one attached hydrogen (secondary N) is 1. The fourth-order valence-electron chi connectivity index (χ4n) is 2.35. The number of rotatable bonds is 5. The van der Waals surface area contributed by atoms with Crippen molar-refractivity contribution in [3.05, 3.63) is 44.0 Å². The Kier molecular flexibility index (Phi) is 4.19. The third-order valence-corrected chi connectivity index (χ3v) is 4.05. The Balaban J connectivity index is 2.20. The van der Waals surface area contributed by atoms with Crippen molar-refractivity contribution in [3.63, 3.8) is 0 Å². The van der Waals surface area contributed by atoms with Crippen molar-refractivity contribution in [3.8, 4) is 0 Å². The highest BCUT2D eigenvalue weighted by molar-refractivity contribution is 5.49. The van der Waals surface area contributed by atoms with Crippen LogP contribution in [-0.4, -0.2) is 28.1 Å². The zero-order valence-electron chi connectivity index (χ0n) is 11.9. The van der Waals surface area contributed by atoms with Gasteiger partial charge in [-0.05, 0) is 26.3 Å². The molecule has 114 valence electrons. The molecule has 0 bridgehead atoms. The van der Waals surface area contributed by atoms with E-state index in [4.69, 9.17) is 4.74 Å². The molecule has 2 rings (SSSR count). The number of nitro benzene ring substituents is 2. The molecular formula is C13H17N3O5. The Morgan fingerprint density at radius 3 is 2.62 bits per heavy atom. The van der Waals surface area contributed by atoms with Crippen LogP contribution < -0.4 is 5.32 Å². The molecule has 2 unspecified atom stereocenters. The van der Waals surface area contributed by atoms with Crippen molar-refractivity contribution in [2.24, 2.45) is 0 Å². The average molecular weight is 295 g/mol. The van der Waals surface area contributed by atoms with Crippen molar-refractivity contribution in [2.75, 3.05) is 6.61 Å². The summed E-state index contributed by atoms with van der Waals surface area (Å²) < 4.78 is 5.50. The number of nitrogens with zero attached hydrogens (tertiary/aromatic N) is 2. The largest absolute Gasteiger partial charge is 0.377 e. The Morgan fingerprint density at radius 2 is 2.10 bits per heavy atom. The van der Waals surface area contributed by atoms with Crippen molar-refractivity contribution in [1.29, 1.82) is 0 Å². The standard InChI is InChI=1S/C13H17N3O5/c1-9-13(2,5-6-21-9)14-8-10-3-4-11(15(17)18)7-12(10)16(19)20/h3-4,7,9,14H,5-6,8H2,1-2H3. The molecule has 0 aromatic heterocycles. The maximum Gasteiger partial charge on any atom is 0.280 e. The fourth-order valence-corrected chi connectivity index (χ4v) is 2.35. The molecule has 21 heavy (non-hydrogen) atoms. The smallest absolute Gasteiger partial charge is 0.280 e. The van der Waals surface area contributed by atoms with E-state index >= 15 is 0 Å². The molecule has 8 nitrogen and oxygen atoms in total. The SMILES string of the molecule is CC1OCCC1(C)NCc1ccc([N+](=O)[O-])cc1[N+](=O)[O-]. The molecule has 1 N–H and O–H groups in total. The Hall–Kier alpha value is -2.06. The van der Waals surface area contributed by atoms with Crippen LogP contribution in [0.5, 0.6) is 0 Å². The van der Waals surface area contributed by atoms with Gasteiger partial charge in [0.2, 0.25) is 0 Å². The molecule has 2 atom stereocenters. The lowest BCUT2D eigenvalue weighted by Crippen LogP contribution is -2.47. The van der Waals surface area contributed by atoms with E-state index in [-0.39, 0.29) is 29.6 Å². The highest BCUT2D eigenvalue weighted by Gasteiger charge is 2.36. The van der Waals surface area contributed by atoms with Gasteiger partial charge in [-0.3, -0.25) is 20.2 Å². The first kappa shape index (κ1) is 15.3. The van der Waals surface area contributed by atoms with Gasteiger partial charge in [0, 0.05) is 30.3 Å². The molecule has 0 amide bonds. The van der Waals surface area contributed by atoms with Crippen LogP contribution in [0, 0.1) is 20.2 Å². The van der Waals surface area contributed by atoms with E-state index in [0.717, 1.165) is 12.5 Å². The highest BCUT2D eigenvalue weighted by Crippen LogP contribution is 2.28. The second kappa shape index (κ2) is 5.74. The third kappa shape index (κ3) is 3.17. The van der Waals surface area contributed by atoms with Crippen LogP contribution in [0.15, 0.2) is 18.2 Å². The molecule has 1 saturated heterocycles. The van der Waals surface area contributed by atoms with E-state index in [1.807, 2.05) is 13.8 Å². The molecule has 1 heterocycles. The van der Waals surface area contributed by atoms with Crippen LogP contribution in [0.3, 0.4) is 0 Å². The number of ether oxygens (including phenoxy) is 1. The summed E-state index contributed by atoms with van der Waals surface area (Å²) in [7, 11) is 0. The Bertz CT molecular complexity index is 577. The van der Waals surface area contributed by atoms with Crippen LogP contribution >= 0.6 is 0 Å². The molecule has 0 spiro atoms. The molecule has 0 radical (unpaired) electrons. The number of benzene rings is 1. The van der Waals surface area contributed by atoms with Crippen LogP contribution in [0.2, 0.25) is 0 Å². The van der Waals surface area contributed by atoms with Gasteiger partial charge in [0.15, 0.2) is 0 Å². The van der Waals surface area contributed by atoms with Gasteiger partial charge in [-0.2, -0.15) is 0 Å². The van der Waals surface area contributed by atoms with E-state index in [0.29, 0.717) is 12.2 Å². The molecule has 1 aliphatic heterocycles. The summed E-state index contributed by atoms with van der Waals surface area (Å²) in [6, 6.07) is 3.70. The summed E-state index contributed by atoms with van der Waals surface area (Å²) in [5.74, 6) is 0. The molecule has 1 aromatic rings. The summed E-state index contributed by atoms with van der Waals surface area (Å²) in [6.45, 7) is 4.86. The van der Waals surface area contributed by atoms with E-state index in [1.54, 1.807) is 0 Å². The third-order valence-electron chi connectivity index (χ3n) is 4.05. The topological polar surface area (TPSA) is 108 Å². The summed E-state index contributed by atoms with van der Waals surface area (Å²) in [6.07, 6.45) is 0.823. The molecule has 1 aromatic carbocycles. The van der Waals surface area contributed by atoms with Crippen LogP contribution in [0.25, 0.3) is 0 Å². The van der Waals surface area contributed by atoms with E-state index in [9.17, 15) is 20.2 Å². The van der Waals surface area contributed by atoms with Gasteiger partial charge in [-0.25, -0.2) is 0 Å². The molecule has 0 saturated carbocycles. The number of non-ortho nitro benzene ring substituents is 1. The first-order valence-corrected chi connectivity index (χ1v) is 6.62. The monoisotopic (exact) mass is 295 g/mol. The van der Waals surface area contributed by atoms with Gasteiger partial charge >= 0.3 is 0 Å². The van der Waals surface area contributed by atoms with Gasteiger partial charge in [0.25, 0.3) is 11.4 Å². The minimum atomic E-state index is -0.640. The maximum absolute atomic E-state index is 11.1. The molecular weight excluding hydrogens is 278 g/mol. The quantitative estimate of drug-likeness (QED) is 0.658. The highest BCUT2D eigenvalue weighted by atomic mass is 16.6. The zero-order valence-corrected chi connectivity index (χ0v) is 11.9. The van der Waals surface area contributed by atoms with Crippen molar-refractivity contribution in [1.82, 2.24) is 5.32 Å². The van der Waals surface area contributed by atoms with Crippen molar-refractivity contribution in [2.45, 2.75) is 38.5 Å². The lowest BCUT2D eigenvalue weighted by atomic mass is 9.94. The molecule has 8 heteroatoms. The number of hydrogen-bond acceptors (Lipinski definition) is 6. The summed E-state index contributed by atoms with van der Waals surface area (Å²) in [4.78, 5) is 20.5. The normalized spacial score (nSPS) is 25.0. The zero-order chi connectivity index (χ0) is 15.6. The molecule has 1 fully saturated rings. The van der Waals surface area contributed by atoms with Crippen molar-refractivity contribution >= 4 is 11.4 Å². The van der Waals surface area contributed by atoms with Crippen LogP contribution in [0.1, 0.15) is 25.8 Å². The maximum atomic E-state index is 11.1. The molecule has 1 aliphatic rings. The van der Waals surface area contributed by atoms with E-state index in [1.165, 1.54) is 12.1 Å². The predicted molar refractivity (Wildman–Crippen MR) is 75.0 cm³/mol. The van der Waals surface area contributed by atoms with Gasteiger partial charge in [0.1, 0.15) is 0 Å². The van der Waals surface area contributed by atoms with Gasteiger partial charge in [-0.15, -0.1) is 0 Å². The summed E-state index contributed by atoms with van der Waals surface area (Å²) >= 11 is 0. The second-order valence-electron chi connectivity index (χ2n) is 5.36. The summed E-state index contributed by atoms with van der Waals surface area (Å²) in [5.41, 5.74) is -0.359. The van der Waals surface area contributed by atoms with E-state index < -0.39 is 9.85 Å². The summed E-state index contributed by atoms with van der Waals surface area (Å²) in [5, 5.41) is 25.0. The second-order valence-corrected chi connectivity index (χ2v) is 5.36. The first-order chi connectivity index (χ1) is 9.83. The minimum Gasteiger partial charge on any atom is -0.377 e. The van der Waals surface area contributed by atoms with Crippen molar-refractivity contribution < 1.29 is 14.6 Å². The van der Waals surface area contributed by atoms with Crippen LogP contribution in [-0.2, 0) is 11.3 Å². The van der Waals surface area contributed by atoms with Gasteiger partial charge in [0.05, 0.1) is 22.0 Å². The van der Waals surface area contributed by atoms with Gasteiger partial charge in [-0.1, -0.05) is 0 Å². The number of hydrogen-bond donors (Lipinski definition) is 1. The number of nitro groups is 2. The lowest BCUT2D eigenvalue weighted by Gasteiger charge is -2.29. The average Bonchev–Trinajstić information content (AvgIpc) is 2.76. The first-order valence-electron chi connectivity index (χ1n) is 6.62. The van der Waals surface area contributed by atoms with Gasteiger partial charge < -0.3 is 10.1 Å². The fraction of sp³-hybridized carbons (Fsp3) is 0.538. The molecule has 0 aliphatic carbocycles. The lowest BCUT2D eigenvalue weighted by molar-refractivity contribution is -0.394. The Morgan fingerprint density at radius 1 is 1.38 bits per heavy atom. The predicted octanol–water partition coefficient (Wildman–Crippen LogP) is 2.16. The Labute approximate surface area is 121 Å². The minimum absolute atomic E-state index is 0.00889. The van der Waals surface area contributed by atoms with Crippen LogP contribution in [0.4, 0.5) is 11.4 Å².